The number of nitrogens with one attached hydrogen (secondary N) is 2. The van der Waals surface area contributed by atoms with Crippen LogP contribution >= 0.6 is 12.2 Å². The van der Waals surface area contributed by atoms with E-state index in [1.54, 1.807) is 24.3 Å². The molecule has 4 N–H and O–H groups in total. The molecule has 7 heteroatoms. The predicted molar refractivity (Wildman–Crippen MR) is 82.1 cm³/mol. The second-order valence-corrected chi connectivity index (χ2v) is 4.69. The van der Waals surface area contributed by atoms with Crippen molar-refractivity contribution in [3.63, 3.8) is 0 Å². The molecule has 0 radical (unpaired) electrons. The first-order valence-corrected chi connectivity index (χ1v) is 6.36. The Hall–Kier alpha value is -2.28. The Bertz CT molecular complexity index is 639. The summed E-state index contributed by atoms with van der Waals surface area (Å²) in [4.78, 5) is 0. The number of nitrogen functional groups attached to an aromatic ring is 1. The first-order valence-electron chi connectivity index (χ1n) is 5.95. The SMILES string of the molecule is Nc1ccc(NC(=S)Nc2cccc(C(F)(F)F)c2)cc1. The van der Waals surface area contributed by atoms with E-state index in [9.17, 15) is 13.2 Å². The molecule has 0 amide bonds. The standard InChI is InChI=1S/C14H12F3N3S/c15-14(16,17)9-2-1-3-12(8-9)20-13(21)19-11-6-4-10(18)5-7-11/h1-8H,18H2,(H2,19,20,21). The van der Waals surface area contributed by atoms with Crippen LogP contribution in [-0.2, 0) is 6.18 Å². The Morgan fingerprint density at radius 2 is 1.57 bits per heavy atom. The van der Waals surface area contributed by atoms with E-state index in [2.05, 4.69) is 10.6 Å². The highest BCUT2D eigenvalue weighted by molar-refractivity contribution is 7.80. The summed E-state index contributed by atoms with van der Waals surface area (Å²) < 4.78 is 37.8. The van der Waals surface area contributed by atoms with E-state index in [1.165, 1.54) is 12.1 Å². The molecule has 2 aromatic carbocycles. The minimum atomic E-state index is -4.39. The maximum atomic E-state index is 12.6. The number of thiocarbonyl (C=S) groups is 1. The third-order valence-corrected chi connectivity index (χ3v) is 2.82. The molecule has 0 spiro atoms. The van der Waals surface area contributed by atoms with Crippen LogP contribution in [0.4, 0.5) is 30.2 Å². The smallest absolute Gasteiger partial charge is 0.399 e. The van der Waals surface area contributed by atoms with Gasteiger partial charge in [-0.1, -0.05) is 6.07 Å². The highest BCUT2D eigenvalue weighted by Gasteiger charge is 2.30. The van der Waals surface area contributed by atoms with Gasteiger partial charge < -0.3 is 16.4 Å². The van der Waals surface area contributed by atoms with E-state index in [1.807, 2.05) is 0 Å². The van der Waals surface area contributed by atoms with Gasteiger partial charge in [-0.15, -0.1) is 0 Å². The summed E-state index contributed by atoms with van der Waals surface area (Å²) in [6, 6.07) is 11.6. The molecule has 0 aromatic heterocycles. The van der Waals surface area contributed by atoms with Crippen LogP contribution in [-0.4, -0.2) is 5.11 Å². The van der Waals surface area contributed by atoms with Gasteiger partial charge in [-0.3, -0.25) is 0 Å². The van der Waals surface area contributed by atoms with E-state index >= 15 is 0 Å². The fourth-order valence-corrected chi connectivity index (χ4v) is 1.87. The molecular weight excluding hydrogens is 299 g/mol. The third kappa shape index (κ3) is 4.35. The molecule has 110 valence electrons. The molecule has 0 aliphatic rings. The Morgan fingerprint density at radius 3 is 2.19 bits per heavy atom. The van der Waals surface area contributed by atoms with Crippen molar-refractivity contribution >= 4 is 34.4 Å². The van der Waals surface area contributed by atoms with Gasteiger partial charge in [0.15, 0.2) is 5.11 Å². The lowest BCUT2D eigenvalue weighted by Crippen LogP contribution is -2.19. The van der Waals surface area contributed by atoms with E-state index in [-0.39, 0.29) is 10.8 Å². The minimum absolute atomic E-state index is 0.194. The van der Waals surface area contributed by atoms with E-state index in [4.69, 9.17) is 18.0 Å². The number of hydrogen-bond acceptors (Lipinski definition) is 2. The topological polar surface area (TPSA) is 50.1 Å². The van der Waals surface area contributed by atoms with Crippen molar-refractivity contribution in [2.75, 3.05) is 16.4 Å². The average molecular weight is 311 g/mol. The van der Waals surface area contributed by atoms with Crippen LogP contribution < -0.4 is 16.4 Å². The first-order chi connectivity index (χ1) is 9.84. The number of hydrogen-bond donors (Lipinski definition) is 3. The molecule has 0 saturated carbocycles. The molecule has 0 saturated heterocycles. The number of anilines is 3. The second kappa shape index (κ2) is 6.01. The molecule has 2 rings (SSSR count). The lowest BCUT2D eigenvalue weighted by atomic mass is 10.2. The normalized spacial score (nSPS) is 11.0. The van der Waals surface area contributed by atoms with Crippen molar-refractivity contribution in [3.05, 3.63) is 54.1 Å². The zero-order valence-electron chi connectivity index (χ0n) is 10.7. The van der Waals surface area contributed by atoms with Gasteiger partial charge in [0, 0.05) is 17.1 Å². The van der Waals surface area contributed by atoms with Crippen LogP contribution in [0.15, 0.2) is 48.5 Å². The van der Waals surface area contributed by atoms with Gasteiger partial charge in [-0.2, -0.15) is 13.2 Å². The largest absolute Gasteiger partial charge is 0.416 e. The van der Waals surface area contributed by atoms with Gasteiger partial charge in [-0.05, 0) is 54.7 Å². The highest BCUT2D eigenvalue weighted by Crippen LogP contribution is 2.30. The predicted octanol–water partition coefficient (Wildman–Crippen LogP) is 4.10. The Balaban J connectivity index is 2.04. The van der Waals surface area contributed by atoms with E-state index < -0.39 is 11.7 Å². The molecule has 0 aliphatic carbocycles. The van der Waals surface area contributed by atoms with Gasteiger partial charge in [0.05, 0.1) is 5.56 Å². The van der Waals surface area contributed by atoms with Gasteiger partial charge in [-0.25, -0.2) is 0 Å². The average Bonchev–Trinajstić information content (AvgIpc) is 2.41. The fourth-order valence-electron chi connectivity index (χ4n) is 1.63. The van der Waals surface area contributed by atoms with Gasteiger partial charge >= 0.3 is 6.18 Å². The number of benzene rings is 2. The molecule has 21 heavy (non-hydrogen) atoms. The first kappa shape index (κ1) is 15.1. The van der Waals surface area contributed by atoms with E-state index in [0.29, 0.717) is 11.4 Å². The number of alkyl halides is 3. The van der Waals surface area contributed by atoms with E-state index in [0.717, 1.165) is 12.1 Å². The fraction of sp³-hybridized carbons (Fsp3) is 0.0714. The van der Waals surface area contributed by atoms with Crippen LogP contribution in [0.1, 0.15) is 5.56 Å². The molecule has 0 atom stereocenters. The molecule has 2 aromatic rings. The molecule has 0 bridgehead atoms. The number of halogens is 3. The zero-order chi connectivity index (χ0) is 15.5. The molecule has 0 fully saturated rings. The highest BCUT2D eigenvalue weighted by atomic mass is 32.1. The molecular formula is C14H12F3N3S. The summed E-state index contributed by atoms with van der Waals surface area (Å²) in [6.45, 7) is 0. The summed E-state index contributed by atoms with van der Waals surface area (Å²) in [6.07, 6.45) is -4.39. The van der Waals surface area contributed by atoms with Crippen LogP contribution in [0.2, 0.25) is 0 Å². The Labute approximate surface area is 125 Å². The lowest BCUT2D eigenvalue weighted by Gasteiger charge is -2.12. The third-order valence-electron chi connectivity index (χ3n) is 2.62. The monoisotopic (exact) mass is 311 g/mol. The quantitative estimate of drug-likeness (QED) is 0.577. The summed E-state index contributed by atoms with van der Waals surface area (Å²) in [5.74, 6) is 0. The van der Waals surface area contributed by atoms with Crippen LogP contribution in [0, 0.1) is 0 Å². The Kier molecular flexibility index (Phi) is 4.32. The van der Waals surface area contributed by atoms with Gasteiger partial charge in [0.25, 0.3) is 0 Å². The maximum Gasteiger partial charge on any atom is 0.416 e. The van der Waals surface area contributed by atoms with Crippen molar-refractivity contribution in [3.8, 4) is 0 Å². The number of nitrogens with two attached hydrogens (primary N) is 1. The molecule has 0 heterocycles. The lowest BCUT2D eigenvalue weighted by molar-refractivity contribution is -0.137. The van der Waals surface area contributed by atoms with Crippen molar-refractivity contribution in [1.29, 1.82) is 0 Å². The van der Waals surface area contributed by atoms with Crippen molar-refractivity contribution < 1.29 is 13.2 Å². The summed E-state index contributed by atoms with van der Waals surface area (Å²) in [5, 5.41) is 5.76. The summed E-state index contributed by atoms with van der Waals surface area (Å²) in [5.41, 5.74) is 6.38. The number of rotatable bonds is 2. The van der Waals surface area contributed by atoms with Crippen LogP contribution in [0.5, 0.6) is 0 Å². The minimum Gasteiger partial charge on any atom is -0.399 e. The van der Waals surface area contributed by atoms with Crippen molar-refractivity contribution in [1.82, 2.24) is 0 Å². The molecule has 0 aliphatic heterocycles. The van der Waals surface area contributed by atoms with Crippen molar-refractivity contribution in [2.45, 2.75) is 6.18 Å². The van der Waals surface area contributed by atoms with Crippen LogP contribution in [0.3, 0.4) is 0 Å². The molecule has 0 unspecified atom stereocenters. The van der Waals surface area contributed by atoms with Crippen molar-refractivity contribution in [2.24, 2.45) is 0 Å². The zero-order valence-corrected chi connectivity index (χ0v) is 11.6. The molecule has 3 nitrogen and oxygen atoms in total. The Morgan fingerprint density at radius 1 is 0.952 bits per heavy atom. The maximum absolute atomic E-state index is 12.6. The summed E-state index contributed by atoms with van der Waals surface area (Å²) in [7, 11) is 0. The second-order valence-electron chi connectivity index (χ2n) is 4.28. The van der Waals surface area contributed by atoms with Gasteiger partial charge in [0.2, 0.25) is 0 Å². The summed E-state index contributed by atoms with van der Waals surface area (Å²) >= 11 is 5.05. The van der Waals surface area contributed by atoms with Gasteiger partial charge in [0.1, 0.15) is 0 Å². The van der Waals surface area contributed by atoms with Crippen LogP contribution in [0.25, 0.3) is 0 Å².